The van der Waals surface area contributed by atoms with Gasteiger partial charge in [0, 0.05) is 36.3 Å². The predicted octanol–water partition coefficient (Wildman–Crippen LogP) is 2.60. The Morgan fingerprint density at radius 1 is 1.41 bits per heavy atom. The van der Waals surface area contributed by atoms with E-state index in [1.54, 1.807) is 6.07 Å². The molecule has 0 unspecified atom stereocenters. The second kappa shape index (κ2) is 6.40. The maximum absolute atomic E-state index is 13.8. The number of nitrogens with one attached hydrogen (secondary N) is 1. The Morgan fingerprint density at radius 2 is 2.23 bits per heavy atom. The van der Waals surface area contributed by atoms with Crippen LogP contribution in [0.3, 0.4) is 0 Å². The fourth-order valence-corrected chi connectivity index (χ4v) is 3.09. The molecule has 1 saturated heterocycles. The molecule has 0 saturated carbocycles. The SMILES string of the molecule is Cc1cc(=O)[nH]c([C@H]2CCCN(Cc3ccccc3F)C2)n1. The number of nitrogens with zero attached hydrogens (tertiary/aromatic N) is 2. The van der Waals surface area contributed by atoms with E-state index in [9.17, 15) is 9.18 Å². The molecule has 2 heterocycles. The minimum absolute atomic E-state index is 0.103. The van der Waals surface area contributed by atoms with E-state index < -0.39 is 0 Å². The highest BCUT2D eigenvalue weighted by molar-refractivity contribution is 5.17. The molecule has 1 aromatic carbocycles. The van der Waals surface area contributed by atoms with Crippen molar-refractivity contribution in [3.05, 3.63) is 63.6 Å². The number of piperidine rings is 1. The number of benzene rings is 1. The summed E-state index contributed by atoms with van der Waals surface area (Å²) in [6.07, 6.45) is 2.02. The molecular formula is C17H20FN3O. The van der Waals surface area contributed by atoms with Crippen LogP contribution >= 0.6 is 0 Å². The summed E-state index contributed by atoms with van der Waals surface area (Å²) in [6.45, 7) is 4.17. The second-order valence-electron chi connectivity index (χ2n) is 5.94. The highest BCUT2D eigenvalue weighted by atomic mass is 19.1. The quantitative estimate of drug-likeness (QED) is 0.948. The minimum Gasteiger partial charge on any atom is -0.310 e. The van der Waals surface area contributed by atoms with Crippen molar-refractivity contribution in [2.75, 3.05) is 13.1 Å². The standard InChI is InChI=1S/C17H20FN3O/c1-12-9-16(22)20-17(19-12)14-6-4-8-21(11-14)10-13-5-2-3-7-15(13)18/h2-3,5,7,9,14H,4,6,8,10-11H2,1H3,(H,19,20,22)/t14-/m0/s1. The molecule has 0 radical (unpaired) electrons. The summed E-state index contributed by atoms with van der Waals surface area (Å²) in [7, 11) is 0. The number of H-pyrrole nitrogens is 1. The zero-order chi connectivity index (χ0) is 15.5. The largest absolute Gasteiger partial charge is 0.310 e. The molecule has 116 valence electrons. The summed E-state index contributed by atoms with van der Waals surface area (Å²) in [5, 5.41) is 0. The molecule has 4 nitrogen and oxygen atoms in total. The minimum atomic E-state index is -0.160. The van der Waals surface area contributed by atoms with E-state index in [0.717, 1.165) is 37.4 Å². The first kappa shape index (κ1) is 14.9. The molecule has 5 heteroatoms. The molecular weight excluding hydrogens is 281 g/mol. The maximum atomic E-state index is 13.8. The topological polar surface area (TPSA) is 49.0 Å². The molecule has 2 aromatic rings. The smallest absolute Gasteiger partial charge is 0.251 e. The maximum Gasteiger partial charge on any atom is 0.251 e. The van der Waals surface area contributed by atoms with Gasteiger partial charge in [0.05, 0.1) is 0 Å². The third kappa shape index (κ3) is 3.42. The monoisotopic (exact) mass is 301 g/mol. The molecule has 0 aliphatic carbocycles. The van der Waals surface area contributed by atoms with Gasteiger partial charge in [-0.25, -0.2) is 9.37 Å². The summed E-state index contributed by atoms with van der Waals surface area (Å²) in [4.78, 5) is 21.1. The Morgan fingerprint density at radius 3 is 3.00 bits per heavy atom. The van der Waals surface area contributed by atoms with Crippen LogP contribution in [0.2, 0.25) is 0 Å². The highest BCUT2D eigenvalue weighted by Gasteiger charge is 2.23. The van der Waals surface area contributed by atoms with E-state index in [4.69, 9.17) is 0 Å². The Kier molecular flexibility index (Phi) is 4.34. The average Bonchev–Trinajstić information content (AvgIpc) is 2.49. The van der Waals surface area contributed by atoms with Gasteiger partial charge < -0.3 is 4.98 Å². The molecule has 1 atom stereocenters. The fraction of sp³-hybridized carbons (Fsp3) is 0.412. The number of hydrogen-bond donors (Lipinski definition) is 1. The Hall–Kier alpha value is -2.01. The lowest BCUT2D eigenvalue weighted by molar-refractivity contribution is 0.194. The Labute approximate surface area is 129 Å². The van der Waals surface area contributed by atoms with Crippen LogP contribution in [0.15, 0.2) is 35.1 Å². The molecule has 1 aromatic heterocycles. The molecule has 1 fully saturated rings. The van der Waals surface area contributed by atoms with Crippen LogP contribution in [-0.2, 0) is 6.54 Å². The number of aromatic nitrogens is 2. The summed E-state index contributed by atoms with van der Waals surface area (Å²) in [5.74, 6) is 0.795. The molecule has 1 N–H and O–H groups in total. The second-order valence-corrected chi connectivity index (χ2v) is 5.94. The normalized spacial score (nSPS) is 19.3. The van der Waals surface area contributed by atoms with Gasteiger partial charge in [-0.1, -0.05) is 18.2 Å². The van der Waals surface area contributed by atoms with Crippen LogP contribution in [0, 0.1) is 12.7 Å². The third-order valence-corrected chi connectivity index (χ3v) is 4.13. The van der Waals surface area contributed by atoms with E-state index in [1.807, 2.05) is 19.1 Å². The van der Waals surface area contributed by atoms with Crippen molar-refractivity contribution in [2.24, 2.45) is 0 Å². The lowest BCUT2D eigenvalue weighted by Crippen LogP contribution is -2.35. The molecule has 1 aliphatic rings. The van der Waals surface area contributed by atoms with Crippen molar-refractivity contribution < 1.29 is 4.39 Å². The summed E-state index contributed by atoms with van der Waals surface area (Å²) in [6, 6.07) is 8.39. The van der Waals surface area contributed by atoms with Gasteiger partial charge in [-0.15, -0.1) is 0 Å². The molecule has 22 heavy (non-hydrogen) atoms. The van der Waals surface area contributed by atoms with Crippen molar-refractivity contribution in [2.45, 2.75) is 32.2 Å². The Bertz CT molecular complexity index is 713. The van der Waals surface area contributed by atoms with Crippen molar-refractivity contribution in [3.8, 4) is 0 Å². The first-order chi connectivity index (χ1) is 10.6. The van der Waals surface area contributed by atoms with Gasteiger partial charge in [0.2, 0.25) is 0 Å². The number of halogens is 1. The van der Waals surface area contributed by atoms with Crippen LogP contribution in [0.25, 0.3) is 0 Å². The average molecular weight is 301 g/mol. The van der Waals surface area contributed by atoms with Crippen molar-refractivity contribution in [1.29, 1.82) is 0 Å². The van der Waals surface area contributed by atoms with Crippen molar-refractivity contribution >= 4 is 0 Å². The molecule has 0 spiro atoms. The summed E-state index contributed by atoms with van der Waals surface area (Å²) in [5.41, 5.74) is 1.35. The number of rotatable bonds is 3. The number of aryl methyl sites for hydroxylation is 1. The lowest BCUT2D eigenvalue weighted by atomic mass is 9.96. The van der Waals surface area contributed by atoms with Crippen LogP contribution in [0.5, 0.6) is 0 Å². The fourth-order valence-electron chi connectivity index (χ4n) is 3.09. The van der Waals surface area contributed by atoms with Crippen LogP contribution in [-0.4, -0.2) is 28.0 Å². The predicted molar refractivity (Wildman–Crippen MR) is 83.2 cm³/mol. The van der Waals surface area contributed by atoms with Crippen LogP contribution in [0.4, 0.5) is 4.39 Å². The van der Waals surface area contributed by atoms with Crippen molar-refractivity contribution in [1.82, 2.24) is 14.9 Å². The van der Waals surface area contributed by atoms with E-state index >= 15 is 0 Å². The van der Waals surface area contributed by atoms with E-state index in [0.29, 0.717) is 12.1 Å². The summed E-state index contributed by atoms with van der Waals surface area (Å²) < 4.78 is 13.8. The zero-order valence-electron chi connectivity index (χ0n) is 12.7. The first-order valence-electron chi connectivity index (χ1n) is 7.65. The number of aromatic amines is 1. The highest BCUT2D eigenvalue weighted by Crippen LogP contribution is 2.25. The van der Waals surface area contributed by atoms with Gasteiger partial charge in [-0.05, 0) is 32.4 Å². The first-order valence-corrected chi connectivity index (χ1v) is 7.65. The number of likely N-dealkylation sites (tertiary alicyclic amines) is 1. The Balaban J connectivity index is 1.74. The summed E-state index contributed by atoms with van der Waals surface area (Å²) >= 11 is 0. The van der Waals surface area contributed by atoms with Gasteiger partial charge in [0.15, 0.2) is 0 Å². The number of hydrogen-bond acceptors (Lipinski definition) is 3. The van der Waals surface area contributed by atoms with Crippen molar-refractivity contribution in [3.63, 3.8) is 0 Å². The van der Waals surface area contributed by atoms with Gasteiger partial charge in [0.25, 0.3) is 5.56 Å². The van der Waals surface area contributed by atoms with E-state index in [-0.39, 0.29) is 17.3 Å². The molecule has 3 rings (SSSR count). The van der Waals surface area contributed by atoms with Gasteiger partial charge in [0.1, 0.15) is 11.6 Å². The van der Waals surface area contributed by atoms with Gasteiger partial charge in [-0.3, -0.25) is 9.69 Å². The van der Waals surface area contributed by atoms with Crippen LogP contribution in [0.1, 0.15) is 35.8 Å². The third-order valence-electron chi connectivity index (χ3n) is 4.13. The van der Waals surface area contributed by atoms with E-state index in [1.165, 1.54) is 12.1 Å². The molecule has 0 bridgehead atoms. The van der Waals surface area contributed by atoms with Gasteiger partial charge >= 0.3 is 0 Å². The lowest BCUT2D eigenvalue weighted by Gasteiger charge is -2.32. The van der Waals surface area contributed by atoms with Gasteiger partial charge in [-0.2, -0.15) is 0 Å². The molecule has 1 aliphatic heterocycles. The zero-order valence-corrected chi connectivity index (χ0v) is 12.7. The molecule has 0 amide bonds. The van der Waals surface area contributed by atoms with Crippen LogP contribution < -0.4 is 5.56 Å². The van der Waals surface area contributed by atoms with E-state index in [2.05, 4.69) is 14.9 Å².